The molecule has 7 nitrogen and oxygen atoms in total. The van der Waals surface area contributed by atoms with Gasteiger partial charge in [-0.1, -0.05) is 6.92 Å². The predicted octanol–water partition coefficient (Wildman–Crippen LogP) is 2.65. The Labute approximate surface area is 176 Å². The molecule has 0 fully saturated rings. The molecule has 2 aliphatic heterocycles. The zero-order chi connectivity index (χ0) is 21.2. The fraction of sp³-hybridized carbons (Fsp3) is 0.318. The van der Waals surface area contributed by atoms with Gasteiger partial charge < -0.3 is 19.5 Å². The summed E-state index contributed by atoms with van der Waals surface area (Å²) in [5.74, 6) is 0.141. The molecule has 154 valence electrons. The molecule has 8 heteroatoms. The fourth-order valence-corrected chi connectivity index (χ4v) is 4.99. The van der Waals surface area contributed by atoms with Crippen LogP contribution < -0.4 is 5.56 Å². The van der Waals surface area contributed by atoms with E-state index in [1.807, 2.05) is 12.3 Å². The second kappa shape index (κ2) is 6.58. The van der Waals surface area contributed by atoms with E-state index in [1.54, 1.807) is 41.5 Å². The van der Waals surface area contributed by atoms with Gasteiger partial charge in [0.15, 0.2) is 5.60 Å². The Hall–Kier alpha value is -2.84. The van der Waals surface area contributed by atoms with Crippen molar-refractivity contribution in [2.75, 3.05) is 6.26 Å². The number of nitrogens with zero attached hydrogens (tertiary/aromatic N) is 2. The number of aromatic hydroxyl groups is 1. The first-order valence-electron chi connectivity index (χ1n) is 9.69. The number of hydrogen-bond acceptors (Lipinski definition) is 7. The van der Waals surface area contributed by atoms with Crippen LogP contribution in [0, 0.1) is 0 Å². The predicted molar refractivity (Wildman–Crippen MR) is 113 cm³/mol. The Morgan fingerprint density at radius 3 is 2.83 bits per heavy atom. The van der Waals surface area contributed by atoms with E-state index < -0.39 is 11.6 Å². The van der Waals surface area contributed by atoms with Crippen molar-refractivity contribution >= 4 is 28.6 Å². The van der Waals surface area contributed by atoms with E-state index in [0.29, 0.717) is 34.8 Å². The minimum absolute atomic E-state index is 0.108. The number of fused-ring (bicyclic) bond motifs is 5. The first kappa shape index (κ1) is 19.1. The Morgan fingerprint density at radius 1 is 1.30 bits per heavy atom. The summed E-state index contributed by atoms with van der Waals surface area (Å²) in [6.07, 6.45) is 2.08. The van der Waals surface area contributed by atoms with Crippen molar-refractivity contribution in [1.82, 2.24) is 9.55 Å². The van der Waals surface area contributed by atoms with Gasteiger partial charge in [0, 0.05) is 27.8 Å². The molecule has 1 aromatic carbocycles. The molecule has 30 heavy (non-hydrogen) atoms. The molecule has 0 aliphatic carbocycles. The van der Waals surface area contributed by atoms with Gasteiger partial charge in [0.1, 0.15) is 12.4 Å². The number of pyridine rings is 2. The Morgan fingerprint density at radius 2 is 2.10 bits per heavy atom. The van der Waals surface area contributed by atoms with Gasteiger partial charge in [-0.2, -0.15) is 11.8 Å². The molecule has 3 aromatic rings. The number of carbonyl (C=O) groups is 1. The lowest BCUT2D eigenvalue weighted by Gasteiger charge is -2.31. The number of ether oxygens (including phenoxy) is 1. The minimum atomic E-state index is -1.83. The maximum absolute atomic E-state index is 13.2. The summed E-state index contributed by atoms with van der Waals surface area (Å²) in [6, 6.07) is 7.07. The van der Waals surface area contributed by atoms with Gasteiger partial charge in [0.2, 0.25) is 0 Å². The van der Waals surface area contributed by atoms with E-state index in [1.165, 1.54) is 0 Å². The second-order valence-electron chi connectivity index (χ2n) is 7.66. The molecule has 2 N–H and O–H groups in total. The largest absolute Gasteiger partial charge is 0.508 e. The molecule has 0 amide bonds. The molecule has 2 aromatic heterocycles. The average molecular weight is 424 g/mol. The highest BCUT2D eigenvalue weighted by atomic mass is 32.2. The van der Waals surface area contributed by atoms with Crippen molar-refractivity contribution in [2.24, 2.45) is 0 Å². The van der Waals surface area contributed by atoms with E-state index in [4.69, 9.17) is 9.72 Å². The lowest BCUT2D eigenvalue weighted by Crippen LogP contribution is -2.44. The van der Waals surface area contributed by atoms with Crippen LogP contribution >= 0.6 is 11.8 Å². The quantitative estimate of drug-likeness (QED) is 0.488. The first-order valence-corrected chi connectivity index (χ1v) is 11.1. The highest BCUT2D eigenvalue weighted by molar-refractivity contribution is 7.97. The summed E-state index contributed by atoms with van der Waals surface area (Å²) < 4.78 is 6.71. The summed E-state index contributed by atoms with van der Waals surface area (Å²) in [4.78, 5) is 30.2. The number of cyclic esters (lactones) is 1. The normalized spacial score (nSPS) is 19.4. The van der Waals surface area contributed by atoms with Crippen molar-refractivity contribution < 1.29 is 19.7 Å². The van der Waals surface area contributed by atoms with Gasteiger partial charge >= 0.3 is 5.97 Å². The number of carbonyl (C=O) groups excluding carboxylic acids is 1. The van der Waals surface area contributed by atoms with Crippen LogP contribution in [0.5, 0.6) is 5.75 Å². The van der Waals surface area contributed by atoms with Crippen LogP contribution in [0.3, 0.4) is 0 Å². The van der Waals surface area contributed by atoms with Crippen molar-refractivity contribution in [3.05, 3.63) is 56.9 Å². The molecular weight excluding hydrogens is 404 g/mol. The van der Waals surface area contributed by atoms with Crippen LogP contribution in [0.2, 0.25) is 0 Å². The van der Waals surface area contributed by atoms with E-state index >= 15 is 0 Å². The number of phenolic OH excluding ortho intramolecular Hbond substituents is 1. The molecular formula is C22H20N2O5S. The summed E-state index contributed by atoms with van der Waals surface area (Å²) in [5.41, 5.74) is 2.13. The third-order valence-corrected chi connectivity index (χ3v) is 6.64. The van der Waals surface area contributed by atoms with E-state index in [9.17, 15) is 19.8 Å². The zero-order valence-electron chi connectivity index (χ0n) is 16.6. The molecule has 0 unspecified atom stereocenters. The lowest BCUT2D eigenvalue weighted by molar-refractivity contribution is -0.172. The van der Waals surface area contributed by atoms with Crippen LogP contribution in [0.15, 0.2) is 29.1 Å². The smallest absolute Gasteiger partial charge is 0.343 e. The van der Waals surface area contributed by atoms with Gasteiger partial charge in [-0.25, -0.2) is 9.78 Å². The van der Waals surface area contributed by atoms with Crippen LogP contribution in [0.25, 0.3) is 22.3 Å². The minimum Gasteiger partial charge on any atom is -0.508 e. The van der Waals surface area contributed by atoms with Gasteiger partial charge in [-0.05, 0) is 36.9 Å². The molecule has 0 bridgehead atoms. The van der Waals surface area contributed by atoms with E-state index in [-0.39, 0.29) is 24.3 Å². The lowest BCUT2D eigenvalue weighted by atomic mass is 9.86. The Kier molecular flexibility index (Phi) is 4.20. The number of aliphatic hydroxyl groups is 1. The van der Waals surface area contributed by atoms with Crippen LogP contribution in [0.1, 0.15) is 35.6 Å². The van der Waals surface area contributed by atoms with Crippen molar-refractivity contribution in [1.29, 1.82) is 0 Å². The number of rotatable bonds is 3. The summed E-state index contributed by atoms with van der Waals surface area (Å²) in [7, 11) is 0. The maximum Gasteiger partial charge on any atom is 0.343 e. The van der Waals surface area contributed by atoms with Crippen LogP contribution in [-0.4, -0.2) is 32.0 Å². The number of benzene rings is 1. The van der Waals surface area contributed by atoms with Gasteiger partial charge in [0.25, 0.3) is 5.56 Å². The van der Waals surface area contributed by atoms with Gasteiger partial charge in [-0.3, -0.25) is 4.79 Å². The second-order valence-corrected chi connectivity index (χ2v) is 8.53. The summed E-state index contributed by atoms with van der Waals surface area (Å²) in [6.45, 7) is 1.88. The van der Waals surface area contributed by atoms with Gasteiger partial charge in [0.05, 0.1) is 29.0 Å². The van der Waals surface area contributed by atoms with Crippen molar-refractivity contribution in [3.63, 3.8) is 0 Å². The number of phenols is 1. The highest BCUT2D eigenvalue weighted by Gasteiger charge is 2.45. The standard InChI is InChI=1S/C22H20N2O5S/c1-3-22(28)15-7-17-19-11(8-24(17)20(26)13(15)9-29-21(22)27)6-12-14(10-30-2)18(25)5-4-16(12)23-19/h4-7,25,28H,3,8-10H2,1-2H3/t22-/m0/s1. The first-order chi connectivity index (χ1) is 14.4. The SMILES string of the molecule is CC[C@@]1(O)C(=O)OCc2c1cc1n(c2=O)Cc2cc3c(CSC)c(O)ccc3nc2-1. The highest BCUT2D eigenvalue weighted by Crippen LogP contribution is 2.39. The molecule has 2 aliphatic rings. The fourth-order valence-electron chi connectivity index (χ4n) is 4.40. The molecule has 4 heterocycles. The Balaban J connectivity index is 1.77. The van der Waals surface area contributed by atoms with E-state index in [2.05, 4.69) is 0 Å². The zero-order valence-corrected chi connectivity index (χ0v) is 17.4. The topological polar surface area (TPSA) is 102 Å². The number of thioether (sulfide) groups is 1. The van der Waals surface area contributed by atoms with Crippen LogP contribution in [0.4, 0.5) is 0 Å². The molecule has 0 saturated heterocycles. The molecule has 5 rings (SSSR count). The maximum atomic E-state index is 13.2. The molecule has 0 spiro atoms. The summed E-state index contributed by atoms with van der Waals surface area (Å²) in [5, 5.41) is 22.1. The third kappa shape index (κ3) is 2.47. The van der Waals surface area contributed by atoms with Gasteiger partial charge in [-0.15, -0.1) is 0 Å². The Bertz CT molecular complexity index is 1300. The number of aromatic nitrogens is 2. The van der Waals surface area contributed by atoms with E-state index in [0.717, 1.165) is 22.0 Å². The molecule has 0 radical (unpaired) electrons. The molecule has 0 saturated carbocycles. The third-order valence-electron chi connectivity index (χ3n) is 6.07. The van der Waals surface area contributed by atoms with Crippen molar-refractivity contribution in [2.45, 2.75) is 37.9 Å². The number of hydrogen-bond donors (Lipinski definition) is 2. The van der Waals surface area contributed by atoms with Crippen molar-refractivity contribution in [3.8, 4) is 17.1 Å². The number of esters is 1. The average Bonchev–Trinajstić information content (AvgIpc) is 3.10. The molecule has 1 atom stereocenters. The van der Waals surface area contributed by atoms with Crippen LogP contribution in [-0.2, 0) is 34.0 Å². The monoisotopic (exact) mass is 424 g/mol. The summed E-state index contributed by atoms with van der Waals surface area (Å²) >= 11 is 1.61.